The van der Waals surface area contributed by atoms with Gasteiger partial charge in [0.05, 0.1) is 24.9 Å². The van der Waals surface area contributed by atoms with Crippen molar-refractivity contribution in [2.75, 3.05) is 19.0 Å². The average molecular weight is 289 g/mol. The van der Waals surface area contributed by atoms with Gasteiger partial charge in [-0.15, -0.1) is 0 Å². The van der Waals surface area contributed by atoms with Crippen LogP contribution in [-0.4, -0.2) is 18.8 Å². The number of para-hydroxylation sites is 1. The van der Waals surface area contributed by atoms with Crippen molar-refractivity contribution in [3.8, 4) is 5.75 Å². The molecule has 0 radical (unpaired) electrons. The van der Waals surface area contributed by atoms with Crippen molar-refractivity contribution >= 4 is 5.69 Å². The summed E-state index contributed by atoms with van der Waals surface area (Å²) in [6, 6.07) is 13.9. The van der Waals surface area contributed by atoms with Crippen molar-refractivity contribution < 1.29 is 14.2 Å². The molecule has 0 aliphatic carbocycles. The number of aliphatic hydroxyl groups excluding tert-OH is 1. The van der Waals surface area contributed by atoms with Crippen LogP contribution in [0.2, 0.25) is 0 Å². The number of halogens is 1. The summed E-state index contributed by atoms with van der Waals surface area (Å²) in [6.07, 6.45) is 0.615. The Balaban J connectivity index is 2.37. The zero-order chi connectivity index (χ0) is 15.3. The Bertz CT molecular complexity index is 580. The molecule has 3 nitrogen and oxygen atoms in total. The first-order valence-electron chi connectivity index (χ1n) is 6.93. The Morgan fingerprint density at radius 1 is 1.14 bits per heavy atom. The number of rotatable bonds is 6. The number of methoxy groups -OCH3 is 1. The van der Waals surface area contributed by atoms with E-state index in [9.17, 15) is 9.50 Å². The summed E-state index contributed by atoms with van der Waals surface area (Å²) < 4.78 is 19.0. The number of benzene rings is 2. The standard InChI is InChI=1S/C17H20FNO2/c1-3-17(12-20,13-8-10-14(21-2)11-9-13)19-16-7-5-4-6-15(16)18/h4-11,19-20H,3,12H2,1-2H3. The molecule has 0 saturated carbocycles. The molecule has 1 atom stereocenters. The molecule has 0 aliphatic heterocycles. The van der Waals surface area contributed by atoms with Crippen LogP contribution in [0.3, 0.4) is 0 Å². The number of anilines is 1. The van der Waals surface area contributed by atoms with Crippen molar-refractivity contribution in [3.63, 3.8) is 0 Å². The van der Waals surface area contributed by atoms with Crippen molar-refractivity contribution in [1.29, 1.82) is 0 Å². The van der Waals surface area contributed by atoms with Gasteiger partial charge in [0.15, 0.2) is 0 Å². The molecule has 0 aliphatic rings. The average Bonchev–Trinajstić information content (AvgIpc) is 2.55. The molecule has 0 amide bonds. The molecule has 112 valence electrons. The molecule has 2 aromatic rings. The first-order valence-corrected chi connectivity index (χ1v) is 6.93. The van der Waals surface area contributed by atoms with Crippen LogP contribution in [0.1, 0.15) is 18.9 Å². The maximum absolute atomic E-state index is 13.9. The highest BCUT2D eigenvalue weighted by Gasteiger charge is 2.30. The van der Waals surface area contributed by atoms with Crippen LogP contribution >= 0.6 is 0 Å². The smallest absolute Gasteiger partial charge is 0.146 e. The molecule has 0 fully saturated rings. The predicted molar refractivity (Wildman–Crippen MR) is 82.1 cm³/mol. The summed E-state index contributed by atoms with van der Waals surface area (Å²) in [5.41, 5.74) is 0.537. The molecule has 2 rings (SSSR count). The zero-order valence-corrected chi connectivity index (χ0v) is 12.3. The molecule has 0 aromatic heterocycles. The summed E-state index contributed by atoms with van der Waals surface area (Å²) in [5, 5.41) is 13.0. The van der Waals surface area contributed by atoms with E-state index in [1.165, 1.54) is 6.07 Å². The first-order chi connectivity index (χ1) is 10.1. The number of aliphatic hydroxyl groups is 1. The molecule has 0 spiro atoms. The molecule has 21 heavy (non-hydrogen) atoms. The second-order valence-electron chi connectivity index (χ2n) is 4.93. The molecule has 2 aromatic carbocycles. The lowest BCUT2D eigenvalue weighted by Gasteiger charge is -2.34. The number of ether oxygens (including phenoxy) is 1. The molecular weight excluding hydrogens is 269 g/mol. The predicted octanol–water partition coefficient (Wildman–Crippen LogP) is 3.54. The van der Waals surface area contributed by atoms with Gasteiger partial charge in [-0.3, -0.25) is 0 Å². The van der Waals surface area contributed by atoms with Gasteiger partial charge in [-0.05, 0) is 36.2 Å². The summed E-state index contributed by atoms with van der Waals surface area (Å²) in [5.74, 6) is 0.407. The minimum absolute atomic E-state index is 0.135. The lowest BCUT2D eigenvalue weighted by Crippen LogP contribution is -2.38. The van der Waals surface area contributed by atoms with Gasteiger partial charge in [-0.25, -0.2) is 4.39 Å². The lowest BCUT2D eigenvalue weighted by atomic mass is 9.87. The fraction of sp³-hybridized carbons (Fsp3) is 0.294. The first kappa shape index (κ1) is 15.3. The fourth-order valence-corrected chi connectivity index (χ4v) is 2.34. The summed E-state index contributed by atoms with van der Waals surface area (Å²) in [7, 11) is 1.60. The fourth-order valence-electron chi connectivity index (χ4n) is 2.34. The maximum Gasteiger partial charge on any atom is 0.146 e. The highest BCUT2D eigenvalue weighted by atomic mass is 19.1. The maximum atomic E-state index is 13.9. The van der Waals surface area contributed by atoms with Gasteiger partial charge < -0.3 is 15.2 Å². The van der Waals surface area contributed by atoms with Crippen LogP contribution in [0.4, 0.5) is 10.1 Å². The molecule has 2 N–H and O–H groups in total. The van der Waals surface area contributed by atoms with Crippen molar-refractivity contribution in [2.24, 2.45) is 0 Å². The third kappa shape index (κ3) is 3.16. The number of hydrogen-bond donors (Lipinski definition) is 2. The minimum atomic E-state index is -0.728. The van der Waals surface area contributed by atoms with Gasteiger partial charge in [0.1, 0.15) is 11.6 Å². The van der Waals surface area contributed by atoms with Crippen LogP contribution in [0.15, 0.2) is 48.5 Å². The summed E-state index contributed by atoms with van der Waals surface area (Å²) in [6.45, 7) is 1.82. The monoisotopic (exact) mass is 289 g/mol. The van der Waals surface area contributed by atoms with E-state index in [0.29, 0.717) is 12.1 Å². The van der Waals surface area contributed by atoms with E-state index in [4.69, 9.17) is 4.74 Å². The Kier molecular flexibility index (Phi) is 4.81. The largest absolute Gasteiger partial charge is 0.497 e. The van der Waals surface area contributed by atoms with Crippen LogP contribution in [-0.2, 0) is 5.54 Å². The van der Waals surface area contributed by atoms with E-state index >= 15 is 0 Å². The van der Waals surface area contributed by atoms with E-state index in [0.717, 1.165) is 11.3 Å². The lowest BCUT2D eigenvalue weighted by molar-refractivity contribution is 0.207. The van der Waals surface area contributed by atoms with Gasteiger partial charge in [-0.1, -0.05) is 31.2 Å². The van der Waals surface area contributed by atoms with Crippen LogP contribution in [0.25, 0.3) is 0 Å². The van der Waals surface area contributed by atoms with Gasteiger partial charge in [0, 0.05) is 0 Å². The molecule has 0 saturated heterocycles. The van der Waals surface area contributed by atoms with Gasteiger partial charge in [-0.2, -0.15) is 0 Å². The second-order valence-corrected chi connectivity index (χ2v) is 4.93. The van der Waals surface area contributed by atoms with E-state index in [1.807, 2.05) is 31.2 Å². The van der Waals surface area contributed by atoms with E-state index in [1.54, 1.807) is 25.3 Å². The van der Waals surface area contributed by atoms with Gasteiger partial charge in [0.25, 0.3) is 0 Å². The molecular formula is C17H20FNO2. The normalized spacial score (nSPS) is 13.5. The van der Waals surface area contributed by atoms with Crippen molar-refractivity contribution in [1.82, 2.24) is 0 Å². The zero-order valence-electron chi connectivity index (χ0n) is 12.3. The third-order valence-electron chi connectivity index (χ3n) is 3.76. The van der Waals surface area contributed by atoms with E-state index in [-0.39, 0.29) is 12.4 Å². The highest BCUT2D eigenvalue weighted by molar-refractivity contribution is 5.49. The van der Waals surface area contributed by atoms with Crippen LogP contribution in [0, 0.1) is 5.82 Å². The Labute approximate surface area is 124 Å². The number of hydrogen-bond acceptors (Lipinski definition) is 3. The highest BCUT2D eigenvalue weighted by Crippen LogP contribution is 2.31. The van der Waals surface area contributed by atoms with Crippen LogP contribution < -0.4 is 10.1 Å². The topological polar surface area (TPSA) is 41.5 Å². The third-order valence-corrected chi connectivity index (χ3v) is 3.76. The number of nitrogens with one attached hydrogen (secondary N) is 1. The van der Waals surface area contributed by atoms with Gasteiger partial charge in [0.2, 0.25) is 0 Å². The summed E-state index contributed by atoms with van der Waals surface area (Å²) in [4.78, 5) is 0. The molecule has 0 heterocycles. The van der Waals surface area contributed by atoms with E-state index in [2.05, 4.69) is 5.32 Å². The minimum Gasteiger partial charge on any atom is -0.497 e. The quantitative estimate of drug-likeness (QED) is 0.854. The Hall–Kier alpha value is -2.07. The second kappa shape index (κ2) is 6.59. The Morgan fingerprint density at radius 3 is 2.33 bits per heavy atom. The van der Waals surface area contributed by atoms with Crippen LogP contribution in [0.5, 0.6) is 5.75 Å². The van der Waals surface area contributed by atoms with Gasteiger partial charge >= 0.3 is 0 Å². The summed E-state index contributed by atoms with van der Waals surface area (Å²) >= 11 is 0. The van der Waals surface area contributed by atoms with Crippen molar-refractivity contribution in [2.45, 2.75) is 18.9 Å². The van der Waals surface area contributed by atoms with E-state index < -0.39 is 5.54 Å². The SMILES string of the molecule is CCC(CO)(Nc1ccccc1F)c1ccc(OC)cc1. The van der Waals surface area contributed by atoms with Crippen molar-refractivity contribution in [3.05, 3.63) is 59.9 Å². The molecule has 4 heteroatoms. The Morgan fingerprint density at radius 2 is 1.81 bits per heavy atom. The molecule has 1 unspecified atom stereocenters. The molecule has 0 bridgehead atoms.